The maximum atomic E-state index is 14.7. The van der Waals surface area contributed by atoms with E-state index in [1.54, 1.807) is 19.1 Å². The number of carboxylic acid groups (broad SMARTS) is 1. The number of aryl methyl sites for hydroxylation is 2. The lowest BCUT2D eigenvalue weighted by atomic mass is 9.79. The van der Waals surface area contributed by atoms with E-state index in [1.807, 2.05) is 24.0 Å². The van der Waals surface area contributed by atoms with Crippen molar-refractivity contribution in [1.82, 2.24) is 5.32 Å². The minimum Gasteiger partial charge on any atom is -0.480 e. The average molecular weight is 519 g/mol. The van der Waals surface area contributed by atoms with Crippen molar-refractivity contribution in [2.24, 2.45) is 5.41 Å². The Hall–Kier alpha value is -2.45. The van der Waals surface area contributed by atoms with E-state index in [1.165, 1.54) is 6.07 Å². The lowest BCUT2D eigenvalue weighted by Crippen LogP contribution is -2.38. The highest BCUT2D eigenvalue weighted by atomic mass is 32.2. The third-order valence-corrected chi connectivity index (χ3v) is 9.20. The van der Waals surface area contributed by atoms with Gasteiger partial charge in [0.25, 0.3) is 0 Å². The van der Waals surface area contributed by atoms with Crippen LogP contribution in [0.5, 0.6) is 0 Å². The third kappa shape index (κ3) is 6.45. The van der Waals surface area contributed by atoms with E-state index in [0.29, 0.717) is 23.5 Å². The van der Waals surface area contributed by atoms with Crippen LogP contribution >= 0.6 is 0 Å². The summed E-state index contributed by atoms with van der Waals surface area (Å²) in [6, 6.07) is 8.64. The van der Waals surface area contributed by atoms with Gasteiger partial charge in [-0.15, -0.1) is 0 Å². The smallest absolute Gasteiger partial charge is 0.317 e. The molecule has 0 spiro atoms. The van der Waals surface area contributed by atoms with Crippen LogP contribution in [0.2, 0.25) is 0 Å². The molecule has 0 saturated heterocycles. The van der Waals surface area contributed by atoms with Crippen molar-refractivity contribution in [1.29, 1.82) is 0 Å². The fourth-order valence-corrected chi connectivity index (χ4v) is 7.28. The van der Waals surface area contributed by atoms with Crippen molar-refractivity contribution in [3.05, 3.63) is 52.8 Å². The van der Waals surface area contributed by atoms with Gasteiger partial charge in [-0.1, -0.05) is 45.6 Å². The molecule has 198 valence electrons. The summed E-state index contributed by atoms with van der Waals surface area (Å²) >= 11 is 0. The second kappa shape index (κ2) is 11.7. The first-order valence-electron chi connectivity index (χ1n) is 12.8. The van der Waals surface area contributed by atoms with Gasteiger partial charge in [0.2, 0.25) is 0 Å². The Kier molecular flexibility index (Phi) is 9.17. The molecule has 36 heavy (non-hydrogen) atoms. The summed E-state index contributed by atoms with van der Waals surface area (Å²) in [5, 5.41) is 11.8. The van der Waals surface area contributed by atoms with Crippen molar-refractivity contribution in [2.45, 2.75) is 77.7 Å². The number of carbonyl (C=O) groups is 1. The van der Waals surface area contributed by atoms with Crippen LogP contribution in [0.4, 0.5) is 15.8 Å². The molecule has 0 fully saturated rings. The number of hydrogen-bond donors (Lipinski definition) is 2. The Morgan fingerprint density at radius 2 is 1.75 bits per heavy atom. The number of aliphatic carboxylic acids is 1. The second-order valence-electron chi connectivity index (χ2n) is 10.2. The maximum Gasteiger partial charge on any atom is 0.317 e. The van der Waals surface area contributed by atoms with Gasteiger partial charge in [-0.3, -0.25) is 4.79 Å². The zero-order valence-corrected chi connectivity index (χ0v) is 22.7. The topological polar surface area (TPSA) is 86.7 Å². The van der Waals surface area contributed by atoms with Crippen molar-refractivity contribution in [2.75, 3.05) is 23.7 Å². The number of nitrogens with one attached hydrogen (secondary N) is 1. The van der Waals surface area contributed by atoms with E-state index in [2.05, 4.69) is 19.2 Å². The fourth-order valence-electron chi connectivity index (χ4n) is 5.13. The number of sulfone groups is 1. The largest absolute Gasteiger partial charge is 0.480 e. The standard InChI is InChI=1S/C28H39FN2O4S/c1-5-7-11-28(12-8-6-2)18-31(23-10-9-20(3)24(29)15-23)25-13-21(4)22(16-30-17-27(32)33)14-26(25)36(34,35)19-28/h9-10,13-15,30H,5-8,11-12,16-19H2,1-4H3,(H,32,33). The normalized spacial score (nSPS) is 16.4. The van der Waals surface area contributed by atoms with E-state index < -0.39 is 21.2 Å². The van der Waals surface area contributed by atoms with Gasteiger partial charge in [-0.25, -0.2) is 12.8 Å². The van der Waals surface area contributed by atoms with E-state index in [4.69, 9.17) is 5.11 Å². The number of hydrogen-bond acceptors (Lipinski definition) is 5. The Morgan fingerprint density at radius 3 is 2.33 bits per heavy atom. The van der Waals surface area contributed by atoms with Gasteiger partial charge < -0.3 is 15.3 Å². The van der Waals surface area contributed by atoms with E-state index in [9.17, 15) is 17.6 Å². The summed E-state index contributed by atoms with van der Waals surface area (Å²) in [5.41, 5.74) is 2.89. The van der Waals surface area contributed by atoms with Gasteiger partial charge in [0.05, 0.1) is 22.9 Å². The van der Waals surface area contributed by atoms with Crippen molar-refractivity contribution in [3.8, 4) is 0 Å². The van der Waals surface area contributed by atoms with Crippen LogP contribution in [0.15, 0.2) is 35.2 Å². The molecule has 2 aromatic carbocycles. The van der Waals surface area contributed by atoms with Gasteiger partial charge in [0.1, 0.15) is 5.82 Å². The summed E-state index contributed by atoms with van der Waals surface area (Å²) in [5.74, 6) is -1.25. The monoisotopic (exact) mass is 518 g/mol. The molecule has 0 radical (unpaired) electrons. The van der Waals surface area contributed by atoms with Crippen LogP contribution in [0.3, 0.4) is 0 Å². The molecule has 3 rings (SSSR count). The molecular formula is C28H39FN2O4S. The molecule has 0 bridgehead atoms. The molecule has 6 nitrogen and oxygen atoms in total. The predicted molar refractivity (Wildman–Crippen MR) is 142 cm³/mol. The van der Waals surface area contributed by atoms with Gasteiger partial charge in [0.15, 0.2) is 9.84 Å². The molecule has 0 atom stereocenters. The lowest BCUT2D eigenvalue weighted by molar-refractivity contribution is -0.136. The minimum absolute atomic E-state index is 0.0445. The minimum atomic E-state index is -3.67. The zero-order valence-electron chi connectivity index (χ0n) is 21.9. The molecule has 0 unspecified atom stereocenters. The molecule has 0 aliphatic carbocycles. The third-order valence-electron chi connectivity index (χ3n) is 7.21. The highest BCUT2D eigenvalue weighted by Gasteiger charge is 2.42. The van der Waals surface area contributed by atoms with Crippen LogP contribution in [0.25, 0.3) is 0 Å². The first kappa shape index (κ1) is 28.1. The summed E-state index contributed by atoms with van der Waals surface area (Å²) in [4.78, 5) is 13.2. The highest BCUT2D eigenvalue weighted by molar-refractivity contribution is 7.91. The number of rotatable bonds is 11. The molecule has 1 heterocycles. The first-order valence-corrected chi connectivity index (χ1v) is 14.5. The van der Waals surface area contributed by atoms with Crippen LogP contribution in [-0.2, 0) is 21.2 Å². The molecule has 1 aliphatic heterocycles. The molecule has 0 amide bonds. The number of fused-ring (bicyclic) bond motifs is 1. The number of carboxylic acids is 1. The Bertz CT molecular complexity index is 1190. The molecule has 0 saturated carbocycles. The molecule has 1 aliphatic rings. The number of benzene rings is 2. The number of nitrogens with zero attached hydrogens (tertiary/aromatic N) is 1. The Morgan fingerprint density at radius 1 is 1.08 bits per heavy atom. The van der Waals surface area contributed by atoms with E-state index in [0.717, 1.165) is 49.7 Å². The van der Waals surface area contributed by atoms with Crippen molar-refractivity contribution >= 4 is 27.2 Å². The number of anilines is 2. The fraction of sp³-hybridized carbons (Fsp3) is 0.536. The quantitative estimate of drug-likeness (QED) is 0.385. The summed E-state index contributed by atoms with van der Waals surface area (Å²) in [7, 11) is -3.67. The molecule has 0 aromatic heterocycles. The molecule has 2 N–H and O–H groups in total. The SMILES string of the molecule is CCCCC1(CCCC)CN(c2ccc(C)c(F)c2)c2cc(C)c(CNCC(=O)O)cc2S(=O)(=O)C1. The van der Waals surface area contributed by atoms with Gasteiger partial charge in [-0.05, 0) is 67.6 Å². The van der Waals surface area contributed by atoms with Crippen molar-refractivity contribution < 1.29 is 22.7 Å². The molecule has 2 aromatic rings. The molecule has 8 heteroatoms. The summed E-state index contributed by atoms with van der Waals surface area (Å²) in [6.07, 6.45) is 5.36. The van der Waals surface area contributed by atoms with Crippen LogP contribution in [-0.4, -0.2) is 38.3 Å². The van der Waals surface area contributed by atoms with Crippen LogP contribution < -0.4 is 10.2 Å². The van der Waals surface area contributed by atoms with Crippen molar-refractivity contribution in [3.63, 3.8) is 0 Å². The number of unbranched alkanes of at least 4 members (excludes halogenated alkanes) is 2. The van der Waals surface area contributed by atoms with E-state index in [-0.39, 0.29) is 29.6 Å². The van der Waals surface area contributed by atoms with E-state index >= 15 is 0 Å². The second-order valence-corrected chi connectivity index (χ2v) is 12.2. The van der Waals surface area contributed by atoms with Gasteiger partial charge in [-0.2, -0.15) is 0 Å². The van der Waals surface area contributed by atoms with Crippen LogP contribution in [0, 0.1) is 25.1 Å². The maximum absolute atomic E-state index is 14.7. The lowest BCUT2D eigenvalue weighted by Gasteiger charge is -2.37. The van der Waals surface area contributed by atoms with Gasteiger partial charge in [0, 0.05) is 24.2 Å². The first-order chi connectivity index (χ1) is 17.0. The molecular weight excluding hydrogens is 479 g/mol. The van der Waals surface area contributed by atoms with Gasteiger partial charge >= 0.3 is 5.97 Å². The summed E-state index contributed by atoms with van der Waals surface area (Å²) < 4.78 is 42.6. The zero-order chi connectivity index (χ0) is 26.5. The number of halogens is 1. The highest BCUT2D eigenvalue weighted by Crippen LogP contribution is 2.45. The van der Waals surface area contributed by atoms with Crippen LogP contribution in [0.1, 0.15) is 69.1 Å². The summed E-state index contributed by atoms with van der Waals surface area (Å²) in [6.45, 7) is 8.36. The Balaban J connectivity index is 2.20. The Labute approximate surface area is 214 Å². The predicted octanol–water partition coefficient (Wildman–Crippen LogP) is 5.91. The average Bonchev–Trinajstić information content (AvgIpc) is 2.90.